The summed E-state index contributed by atoms with van der Waals surface area (Å²) in [5.41, 5.74) is 3.10. The van der Waals surface area contributed by atoms with Crippen molar-refractivity contribution in [3.8, 4) is 5.69 Å². The Morgan fingerprint density at radius 1 is 1.15 bits per heavy atom. The van der Waals surface area contributed by atoms with Crippen molar-refractivity contribution in [2.45, 2.75) is 20.8 Å². The van der Waals surface area contributed by atoms with E-state index in [2.05, 4.69) is 5.10 Å². The number of rotatable bonds is 1. The van der Waals surface area contributed by atoms with E-state index in [1.807, 2.05) is 32.0 Å². The lowest BCUT2D eigenvalue weighted by atomic mass is 10.1. The largest absolute Gasteiger partial charge is 0.403 e. The number of aromatic nitrogens is 2. The van der Waals surface area contributed by atoms with Crippen LogP contribution in [-0.4, -0.2) is 9.78 Å². The lowest BCUT2D eigenvalue weighted by Crippen LogP contribution is -2.07. The van der Waals surface area contributed by atoms with Gasteiger partial charge in [-0.25, -0.2) is 4.79 Å². The number of aryl methyl sites for hydroxylation is 2. The standard InChI is InChI=1S/C15H13ClN2O2/c1-8-9(2)15(19)20-14-13(8)10(3)17-18(14)12-7-5-4-6-11(12)16/h4-7H,1-3H3. The summed E-state index contributed by atoms with van der Waals surface area (Å²) in [6.07, 6.45) is 0. The average Bonchev–Trinajstić information content (AvgIpc) is 2.73. The molecule has 0 radical (unpaired) electrons. The quantitative estimate of drug-likeness (QED) is 0.688. The monoisotopic (exact) mass is 288 g/mol. The van der Waals surface area contributed by atoms with Gasteiger partial charge in [0.1, 0.15) is 0 Å². The number of para-hydroxylation sites is 1. The highest BCUT2D eigenvalue weighted by Crippen LogP contribution is 2.27. The first-order valence-corrected chi connectivity index (χ1v) is 6.63. The first kappa shape index (κ1) is 12.9. The molecule has 4 nitrogen and oxygen atoms in total. The predicted molar refractivity (Wildman–Crippen MR) is 78.8 cm³/mol. The van der Waals surface area contributed by atoms with Crippen LogP contribution < -0.4 is 5.63 Å². The molecule has 0 N–H and O–H groups in total. The van der Waals surface area contributed by atoms with Crippen LogP contribution in [0, 0.1) is 20.8 Å². The van der Waals surface area contributed by atoms with E-state index < -0.39 is 0 Å². The zero-order chi connectivity index (χ0) is 14.4. The fraction of sp³-hybridized carbons (Fsp3) is 0.200. The van der Waals surface area contributed by atoms with Crippen LogP contribution in [0.4, 0.5) is 0 Å². The van der Waals surface area contributed by atoms with Crippen molar-refractivity contribution in [1.29, 1.82) is 0 Å². The fourth-order valence-electron chi connectivity index (χ4n) is 2.32. The van der Waals surface area contributed by atoms with Crippen LogP contribution in [0.3, 0.4) is 0 Å². The third-order valence-corrected chi connectivity index (χ3v) is 3.85. The summed E-state index contributed by atoms with van der Waals surface area (Å²) in [5.74, 6) is 0. The molecule has 0 bridgehead atoms. The molecule has 5 heteroatoms. The highest BCUT2D eigenvalue weighted by molar-refractivity contribution is 6.32. The fourth-order valence-corrected chi connectivity index (χ4v) is 2.54. The van der Waals surface area contributed by atoms with Gasteiger partial charge in [0.15, 0.2) is 0 Å². The summed E-state index contributed by atoms with van der Waals surface area (Å²) in [4.78, 5) is 11.9. The zero-order valence-corrected chi connectivity index (χ0v) is 12.2. The Bertz CT molecular complexity index is 877. The van der Waals surface area contributed by atoms with Gasteiger partial charge in [-0.2, -0.15) is 9.78 Å². The SMILES string of the molecule is Cc1c(C)c2c(C)nn(-c3ccccc3Cl)c2oc1=O. The first-order valence-electron chi connectivity index (χ1n) is 6.25. The number of hydrogen-bond donors (Lipinski definition) is 0. The second-order valence-electron chi connectivity index (χ2n) is 4.77. The third-order valence-electron chi connectivity index (χ3n) is 3.53. The van der Waals surface area contributed by atoms with Gasteiger partial charge in [0, 0.05) is 5.56 Å². The minimum atomic E-state index is -0.344. The van der Waals surface area contributed by atoms with Gasteiger partial charge in [-0.15, -0.1) is 0 Å². The van der Waals surface area contributed by atoms with Crippen molar-refractivity contribution >= 4 is 22.7 Å². The van der Waals surface area contributed by atoms with E-state index >= 15 is 0 Å². The van der Waals surface area contributed by atoms with Gasteiger partial charge in [-0.1, -0.05) is 23.7 Å². The maximum atomic E-state index is 11.9. The lowest BCUT2D eigenvalue weighted by Gasteiger charge is -2.05. The molecule has 0 unspecified atom stereocenters. The molecular weight excluding hydrogens is 276 g/mol. The number of fused-ring (bicyclic) bond motifs is 1. The second-order valence-corrected chi connectivity index (χ2v) is 5.18. The van der Waals surface area contributed by atoms with E-state index in [1.165, 1.54) is 0 Å². The molecule has 0 aliphatic carbocycles. The molecule has 2 aromatic heterocycles. The Balaban J connectivity index is 2.46. The zero-order valence-electron chi connectivity index (χ0n) is 11.4. The van der Waals surface area contributed by atoms with E-state index in [1.54, 1.807) is 17.7 Å². The van der Waals surface area contributed by atoms with Gasteiger partial charge >= 0.3 is 5.63 Å². The van der Waals surface area contributed by atoms with E-state index in [0.717, 1.165) is 16.6 Å². The van der Waals surface area contributed by atoms with Crippen molar-refractivity contribution in [1.82, 2.24) is 9.78 Å². The van der Waals surface area contributed by atoms with Crippen LogP contribution in [0.5, 0.6) is 0 Å². The summed E-state index contributed by atoms with van der Waals surface area (Å²) in [5, 5.41) is 5.88. The third kappa shape index (κ3) is 1.76. The molecule has 0 aliphatic rings. The van der Waals surface area contributed by atoms with Crippen LogP contribution in [0.25, 0.3) is 16.8 Å². The smallest absolute Gasteiger partial charge is 0.340 e. The highest BCUT2D eigenvalue weighted by atomic mass is 35.5. The van der Waals surface area contributed by atoms with Crippen LogP contribution in [0.1, 0.15) is 16.8 Å². The highest BCUT2D eigenvalue weighted by Gasteiger charge is 2.18. The van der Waals surface area contributed by atoms with Gasteiger partial charge in [0.05, 0.1) is 21.8 Å². The number of nitrogens with zero attached hydrogens (tertiary/aromatic N) is 2. The molecule has 0 atom stereocenters. The van der Waals surface area contributed by atoms with E-state index in [0.29, 0.717) is 22.0 Å². The molecule has 3 aromatic rings. The summed E-state index contributed by atoms with van der Waals surface area (Å²) in [6, 6.07) is 7.32. The van der Waals surface area contributed by atoms with Crippen molar-refractivity contribution < 1.29 is 4.42 Å². The molecule has 0 fully saturated rings. The molecule has 0 spiro atoms. The maximum Gasteiger partial charge on any atom is 0.340 e. The van der Waals surface area contributed by atoms with E-state index in [4.69, 9.17) is 16.0 Å². The Morgan fingerprint density at radius 2 is 1.85 bits per heavy atom. The average molecular weight is 289 g/mol. The van der Waals surface area contributed by atoms with Gasteiger partial charge in [-0.3, -0.25) is 0 Å². The lowest BCUT2D eigenvalue weighted by molar-refractivity contribution is 0.529. The predicted octanol–water partition coefficient (Wildman–Crippen LogP) is 3.56. The topological polar surface area (TPSA) is 48.0 Å². The van der Waals surface area contributed by atoms with Gasteiger partial charge < -0.3 is 4.42 Å². The van der Waals surface area contributed by atoms with E-state index in [-0.39, 0.29) is 5.63 Å². The maximum absolute atomic E-state index is 11.9. The van der Waals surface area contributed by atoms with Crippen LogP contribution in [-0.2, 0) is 0 Å². The van der Waals surface area contributed by atoms with Crippen molar-refractivity contribution in [3.63, 3.8) is 0 Å². The molecule has 1 aromatic carbocycles. The molecule has 0 saturated heterocycles. The number of benzene rings is 1. The van der Waals surface area contributed by atoms with Gasteiger partial charge in [0.2, 0.25) is 5.71 Å². The molecule has 0 aliphatic heterocycles. The van der Waals surface area contributed by atoms with Crippen molar-refractivity contribution in [2.24, 2.45) is 0 Å². The minimum Gasteiger partial charge on any atom is -0.403 e. The minimum absolute atomic E-state index is 0.344. The van der Waals surface area contributed by atoms with E-state index in [9.17, 15) is 4.79 Å². The van der Waals surface area contributed by atoms with Crippen LogP contribution >= 0.6 is 11.6 Å². The molecule has 3 rings (SSSR count). The number of halogens is 1. The summed E-state index contributed by atoms with van der Waals surface area (Å²) in [6.45, 7) is 5.55. The second kappa shape index (κ2) is 4.49. The Hall–Kier alpha value is -2.07. The summed E-state index contributed by atoms with van der Waals surface area (Å²) >= 11 is 6.20. The Labute approximate surface area is 120 Å². The van der Waals surface area contributed by atoms with Crippen molar-refractivity contribution in [2.75, 3.05) is 0 Å². The van der Waals surface area contributed by atoms with Crippen LogP contribution in [0.2, 0.25) is 5.02 Å². The Kier molecular flexibility index (Phi) is 2.91. The molecule has 0 amide bonds. The van der Waals surface area contributed by atoms with Gasteiger partial charge in [-0.05, 0) is 38.5 Å². The molecule has 102 valence electrons. The summed E-state index contributed by atoms with van der Waals surface area (Å²) < 4.78 is 7.01. The molecule has 0 saturated carbocycles. The molecule has 2 heterocycles. The molecule has 20 heavy (non-hydrogen) atoms. The van der Waals surface area contributed by atoms with Crippen molar-refractivity contribution in [3.05, 3.63) is 56.5 Å². The molecular formula is C15H13ClN2O2. The number of hydrogen-bond acceptors (Lipinski definition) is 3. The summed E-state index contributed by atoms with van der Waals surface area (Å²) in [7, 11) is 0. The first-order chi connectivity index (χ1) is 9.50. The normalized spacial score (nSPS) is 11.2. The van der Waals surface area contributed by atoms with Gasteiger partial charge in [0.25, 0.3) is 0 Å². The van der Waals surface area contributed by atoms with Crippen LogP contribution in [0.15, 0.2) is 33.5 Å². The Morgan fingerprint density at radius 3 is 2.55 bits per heavy atom.